The van der Waals surface area contributed by atoms with Crippen molar-refractivity contribution in [3.63, 3.8) is 0 Å². The van der Waals surface area contributed by atoms with Crippen LogP contribution >= 0.6 is 11.3 Å². The molecular formula is C19H17FN2O3S2. The number of thiophene rings is 1. The number of hydrogen-bond acceptors (Lipinski definition) is 4. The van der Waals surface area contributed by atoms with Crippen molar-refractivity contribution in [3.05, 3.63) is 71.9 Å². The fourth-order valence-corrected chi connectivity index (χ4v) is 4.40. The van der Waals surface area contributed by atoms with Crippen LogP contribution in [0.25, 0.3) is 10.4 Å². The lowest BCUT2D eigenvalue weighted by Crippen LogP contribution is -2.35. The van der Waals surface area contributed by atoms with Crippen molar-refractivity contribution >= 4 is 33.0 Å². The molecule has 5 nitrogen and oxygen atoms in total. The lowest BCUT2D eigenvalue weighted by molar-refractivity contribution is -0.116. The van der Waals surface area contributed by atoms with Crippen LogP contribution in [0.1, 0.15) is 0 Å². The molecule has 0 aliphatic rings. The Morgan fingerprint density at radius 1 is 1.07 bits per heavy atom. The zero-order chi connectivity index (χ0) is 19.4. The Hall–Kier alpha value is -2.55. The van der Waals surface area contributed by atoms with Crippen molar-refractivity contribution in [3.8, 4) is 10.4 Å². The van der Waals surface area contributed by atoms with Crippen LogP contribution in [0.5, 0.6) is 0 Å². The number of nitrogens with zero attached hydrogens (tertiary/aromatic N) is 1. The van der Waals surface area contributed by atoms with E-state index in [0.717, 1.165) is 26.9 Å². The van der Waals surface area contributed by atoms with Gasteiger partial charge in [-0.15, -0.1) is 11.3 Å². The largest absolute Gasteiger partial charge is 0.324 e. The second-order valence-electron chi connectivity index (χ2n) is 5.79. The Morgan fingerprint density at radius 2 is 1.78 bits per heavy atom. The molecule has 140 valence electrons. The average Bonchev–Trinajstić information content (AvgIpc) is 3.17. The number of benzene rings is 2. The van der Waals surface area contributed by atoms with Crippen molar-refractivity contribution in [2.24, 2.45) is 0 Å². The highest BCUT2D eigenvalue weighted by Gasteiger charge is 2.23. The van der Waals surface area contributed by atoms with Crippen LogP contribution in [-0.2, 0) is 14.8 Å². The van der Waals surface area contributed by atoms with E-state index in [2.05, 4.69) is 5.32 Å². The van der Waals surface area contributed by atoms with E-state index < -0.39 is 21.7 Å². The highest BCUT2D eigenvalue weighted by atomic mass is 32.2. The van der Waals surface area contributed by atoms with Gasteiger partial charge in [0, 0.05) is 23.2 Å². The second kappa shape index (κ2) is 7.99. The van der Waals surface area contributed by atoms with Gasteiger partial charge in [-0.1, -0.05) is 24.3 Å². The molecule has 0 unspecified atom stereocenters. The molecule has 0 atom stereocenters. The summed E-state index contributed by atoms with van der Waals surface area (Å²) in [4.78, 5) is 13.3. The van der Waals surface area contributed by atoms with E-state index in [1.54, 1.807) is 23.5 Å². The summed E-state index contributed by atoms with van der Waals surface area (Å²) < 4.78 is 39.0. The molecule has 2 aromatic carbocycles. The van der Waals surface area contributed by atoms with E-state index in [9.17, 15) is 17.6 Å². The number of hydrogen-bond donors (Lipinski definition) is 1. The van der Waals surface area contributed by atoms with Crippen molar-refractivity contribution < 1.29 is 17.6 Å². The van der Waals surface area contributed by atoms with Gasteiger partial charge in [-0.3, -0.25) is 4.79 Å². The number of sulfonamides is 1. The minimum Gasteiger partial charge on any atom is -0.324 e. The molecule has 0 fully saturated rings. The number of para-hydroxylation sites is 1. The Balaban J connectivity index is 1.74. The topological polar surface area (TPSA) is 66.5 Å². The summed E-state index contributed by atoms with van der Waals surface area (Å²) in [6.07, 6.45) is 0. The number of likely N-dealkylation sites (N-methyl/N-ethyl adjacent to an activating group) is 1. The number of rotatable bonds is 6. The molecule has 27 heavy (non-hydrogen) atoms. The van der Waals surface area contributed by atoms with Gasteiger partial charge in [-0.25, -0.2) is 12.8 Å². The first kappa shape index (κ1) is 19.2. The zero-order valence-electron chi connectivity index (χ0n) is 14.4. The van der Waals surface area contributed by atoms with Crippen LogP contribution in [0.4, 0.5) is 10.1 Å². The van der Waals surface area contributed by atoms with Gasteiger partial charge in [0.05, 0.1) is 11.4 Å². The van der Waals surface area contributed by atoms with Gasteiger partial charge in [0.25, 0.3) is 0 Å². The number of carbonyl (C=O) groups excluding carboxylic acids is 1. The molecule has 1 heterocycles. The molecule has 0 saturated carbocycles. The predicted octanol–water partition coefficient (Wildman–Crippen LogP) is 3.81. The fourth-order valence-electron chi connectivity index (χ4n) is 2.50. The van der Waals surface area contributed by atoms with Gasteiger partial charge in [0.2, 0.25) is 15.9 Å². The van der Waals surface area contributed by atoms with Gasteiger partial charge in [-0.2, -0.15) is 4.31 Å². The first-order valence-corrected chi connectivity index (χ1v) is 10.3. The monoisotopic (exact) mass is 404 g/mol. The van der Waals surface area contributed by atoms with Gasteiger partial charge in [0.15, 0.2) is 0 Å². The summed E-state index contributed by atoms with van der Waals surface area (Å²) in [5.74, 6) is -0.994. The molecule has 0 saturated heterocycles. The van der Waals surface area contributed by atoms with Crippen LogP contribution in [0, 0.1) is 5.82 Å². The molecule has 0 radical (unpaired) electrons. The number of amides is 1. The first-order chi connectivity index (χ1) is 12.9. The molecule has 0 spiro atoms. The van der Waals surface area contributed by atoms with Crippen LogP contribution in [-0.4, -0.2) is 32.2 Å². The number of halogens is 1. The summed E-state index contributed by atoms with van der Waals surface area (Å²) >= 11 is 1.55. The molecule has 1 N–H and O–H groups in total. The SMILES string of the molecule is CN(CC(=O)Nc1ccccc1-c1cccs1)S(=O)(=O)c1ccc(F)cc1. The molecular weight excluding hydrogens is 387 g/mol. The molecule has 0 aliphatic heterocycles. The van der Waals surface area contributed by atoms with Crippen molar-refractivity contribution in [2.75, 3.05) is 18.9 Å². The van der Waals surface area contributed by atoms with Gasteiger partial charge < -0.3 is 5.32 Å². The first-order valence-electron chi connectivity index (χ1n) is 8.02. The Labute approximate surface area is 161 Å². The van der Waals surface area contributed by atoms with Crippen LogP contribution < -0.4 is 5.32 Å². The maximum atomic E-state index is 13.0. The summed E-state index contributed by atoms with van der Waals surface area (Å²) in [6, 6.07) is 15.7. The van der Waals surface area contributed by atoms with Crippen LogP contribution in [0.2, 0.25) is 0 Å². The lowest BCUT2D eigenvalue weighted by atomic mass is 10.1. The normalized spacial score (nSPS) is 11.5. The highest BCUT2D eigenvalue weighted by Crippen LogP contribution is 2.31. The molecule has 0 aliphatic carbocycles. The van der Waals surface area contributed by atoms with Crippen LogP contribution in [0.3, 0.4) is 0 Å². The van der Waals surface area contributed by atoms with Crippen molar-refractivity contribution in [1.82, 2.24) is 4.31 Å². The van der Waals surface area contributed by atoms with E-state index in [0.29, 0.717) is 5.69 Å². The standard InChI is InChI=1S/C19H17FN2O3S2/c1-22(27(24,25)15-10-8-14(20)9-11-15)13-19(23)21-17-6-3-2-5-16(17)18-7-4-12-26-18/h2-12H,13H2,1H3,(H,21,23). The van der Waals surface area contributed by atoms with E-state index in [1.165, 1.54) is 19.2 Å². The van der Waals surface area contributed by atoms with E-state index in [1.807, 2.05) is 29.6 Å². The predicted molar refractivity (Wildman–Crippen MR) is 105 cm³/mol. The third kappa shape index (κ3) is 4.41. The smallest absolute Gasteiger partial charge is 0.243 e. The molecule has 3 rings (SSSR count). The summed E-state index contributed by atoms with van der Waals surface area (Å²) in [7, 11) is -2.58. The molecule has 8 heteroatoms. The van der Waals surface area contributed by atoms with E-state index in [-0.39, 0.29) is 11.4 Å². The summed E-state index contributed by atoms with van der Waals surface area (Å²) in [5.41, 5.74) is 1.47. The molecule has 1 aromatic heterocycles. The molecule has 1 amide bonds. The fraction of sp³-hybridized carbons (Fsp3) is 0.105. The highest BCUT2D eigenvalue weighted by molar-refractivity contribution is 7.89. The quantitative estimate of drug-likeness (QED) is 0.679. The van der Waals surface area contributed by atoms with Crippen LogP contribution in [0.15, 0.2) is 70.9 Å². The summed E-state index contributed by atoms with van der Waals surface area (Å²) in [6.45, 7) is -0.363. The minimum absolute atomic E-state index is 0.0711. The average molecular weight is 404 g/mol. The third-order valence-corrected chi connectivity index (χ3v) is 6.60. The van der Waals surface area contributed by atoms with Gasteiger partial charge in [-0.05, 0) is 41.8 Å². The second-order valence-corrected chi connectivity index (χ2v) is 8.78. The maximum absolute atomic E-state index is 13.0. The summed E-state index contributed by atoms with van der Waals surface area (Å²) in [5, 5.41) is 4.71. The number of anilines is 1. The minimum atomic E-state index is -3.89. The molecule has 3 aromatic rings. The van der Waals surface area contributed by atoms with Gasteiger partial charge >= 0.3 is 0 Å². The van der Waals surface area contributed by atoms with E-state index in [4.69, 9.17) is 0 Å². The lowest BCUT2D eigenvalue weighted by Gasteiger charge is -2.17. The number of nitrogens with one attached hydrogen (secondary N) is 1. The third-order valence-electron chi connectivity index (χ3n) is 3.88. The number of carbonyl (C=O) groups is 1. The zero-order valence-corrected chi connectivity index (χ0v) is 16.1. The van der Waals surface area contributed by atoms with Gasteiger partial charge in [0.1, 0.15) is 5.82 Å². The molecule has 0 bridgehead atoms. The van der Waals surface area contributed by atoms with Crippen molar-refractivity contribution in [2.45, 2.75) is 4.90 Å². The maximum Gasteiger partial charge on any atom is 0.243 e. The van der Waals surface area contributed by atoms with Crippen molar-refractivity contribution in [1.29, 1.82) is 0 Å². The Morgan fingerprint density at radius 3 is 2.44 bits per heavy atom. The Bertz CT molecular complexity index is 1030. The Kier molecular flexibility index (Phi) is 5.69. The van der Waals surface area contributed by atoms with E-state index >= 15 is 0 Å².